The molecule has 0 bridgehead atoms. The van der Waals surface area contributed by atoms with Gasteiger partial charge in [-0.3, -0.25) is 0 Å². The molecule has 9 heteroatoms. The molecule has 2 aliphatic heterocycles. The van der Waals surface area contributed by atoms with Crippen LogP contribution in [0.2, 0.25) is 0 Å². The normalized spacial score (nSPS) is 20.1. The summed E-state index contributed by atoms with van der Waals surface area (Å²) in [5, 5.41) is 19.7. The zero-order chi connectivity index (χ0) is 28.6. The molecule has 0 saturated carbocycles. The Bertz CT molecular complexity index is 1150. The number of benzene rings is 2. The van der Waals surface area contributed by atoms with Gasteiger partial charge in [0.25, 0.3) is 0 Å². The van der Waals surface area contributed by atoms with Crippen LogP contribution in [-0.4, -0.2) is 64.0 Å². The second-order valence-electron chi connectivity index (χ2n) is 10.9. The number of likely N-dealkylation sites (tertiary alicyclic amines) is 1. The van der Waals surface area contributed by atoms with Gasteiger partial charge in [-0.1, -0.05) is 30.3 Å². The van der Waals surface area contributed by atoms with Crippen LogP contribution in [0.15, 0.2) is 54.6 Å². The van der Waals surface area contributed by atoms with Crippen molar-refractivity contribution in [1.82, 2.24) is 9.80 Å². The lowest BCUT2D eigenvalue weighted by atomic mass is 9.87. The van der Waals surface area contributed by atoms with Gasteiger partial charge in [0, 0.05) is 26.2 Å². The van der Waals surface area contributed by atoms with Gasteiger partial charge in [-0.25, -0.2) is 18.4 Å². The molecule has 39 heavy (non-hydrogen) atoms. The van der Waals surface area contributed by atoms with E-state index < -0.39 is 17.3 Å². The minimum absolute atomic E-state index is 0.255. The van der Waals surface area contributed by atoms with Crippen LogP contribution in [0.1, 0.15) is 64.0 Å². The van der Waals surface area contributed by atoms with Crippen molar-refractivity contribution < 1.29 is 33.3 Å². The maximum atomic E-state index is 13.0. The SMILES string of the molecule is CC(C)(C)OC(=O)N1CCCC(O)(c2ccc(F)cc2)CC1.O=C(O)N1CC=C(c2ccc(F)cc2)CCC1. The van der Waals surface area contributed by atoms with E-state index in [9.17, 15) is 23.5 Å². The van der Waals surface area contributed by atoms with Gasteiger partial charge < -0.3 is 24.7 Å². The summed E-state index contributed by atoms with van der Waals surface area (Å²) in [4.78, 5) is 26.0. The fourth-order valence-corrected chi connectivity index (χ4v) is 4.65. The van der Waals surface area contributed by atoms with Crippen LogP contribution >= 0.6 is 0 Å². The highest BCUT2D eigenvalue weighted by Crippen LogP contribution is 2.33. The van der Waals surface area contributed by atoms with Gasteiger partial charge in [-0.2, -0.15) is 0 Å². The third-order valence-corrected chi connectivity index (χ3v) is 6.76. The maximum absolute atomic E-state index is 13.0. The molecule has 2 aromatic rings. The Hall–Kier alpha value is -3.46. The van der Waals surface area contributed by atoms with Crippen LogP contribution in [0.4, 0.5) is 18.4 Å². The predicted molar refractivity (Wildman–Crippen MR) is 145 cm³/mol. The van der Waals surface area contributed by atoms with E-state index in [4.69, 9.17) is 9.84 Å². The second kappa shape index (κ2) is 13.1. The number of nitrogens with zero attached hydrogens (tertiary/aromatic N) is 2. The topological polar surface area (TPSA) is 90.3 Å². The number of amides is 2. The zero-order valence-electron chi connectivity index (χ0n) is 22.8. The highest BCUT2D eigenvalue weighted by Gasteiger charge is 2.34. The molecule has 0 spiro atoms. The van der Waals surface area contributed by atoms with Crippen LogP contribution in [0.25, 0.3) is 5.57 Å². The van der Waals surface area contributed by atoms with Crippen molar-refractivity contribution in [3.63, 3.8) is 0 Å². The van der Waals surface area contributed by atoms with Crippen LogP contribution in [0.5, 0.6) is 0 Å². The molecule has 212 valence electrons. The average Bonchev–Trinajstić information content (AvgIpc) is 3.24. The van der Waals surface area contributed by atoms with E-state index in [0.717, 1.165) is 24.0 Å². The monoisotopic (exact) mass is 544 g/mol. The molecular formula is C30H38F2N2O5. The molecule has 2 aliphatic rings. The Labute approximate surface area is 228 Å². The fourth-order valence-electron chi connectivity index (χ4n) is 4.65. The van der Waals surface area contributed by atoms with Crippen molar-refractivity contribution in [2.24, 2.45) is 0 Å². The van der Waals surface area contributed by atoms with Crippen molar-refractivity contribution in [2.75, 3.05) is 26.2 Å². The number of hydrogen-bond donors (Lipinski definition) is 2. The lowest BCUT2D eigenvalue weighted by Gasteiger charge is -2.28. The molecule has 1 unspecified atom stereocenters. The fraction of sp³-hybridized carbons (Fsp3) is 0.467. The first-order valence-corrected chi connectivity index (χ1v) is 13.3. The number of carbonyl (C=O) groups excluding carboxylic acids is 1. The maximum Gasteiger partial charge on any atom is 0.410 e. The molecule has 7 nitrogen and oxygen atoms in total. The summed E-state index contributed by atoms with van der Waals surface area (Å²) in [5.74, 6) is -0.577. The van der Waals surface area contributed by atoms with E-state index >= 15 is 0 Å². The summed E-state index contributed by atoms with van der Waals surface area (Å²) >= 11 is 0. The lowest BCUT2D eigenvalue weighted by molar-refractivity contribution is 0.0128. The molecule has 0 radical (unpaired) electrons. The van der Waals surface area contributed by atoms with E-state index in [2.05, 4.69) is 0 Å². The number of ether oxygens (including phenoxy) is 1. The molecular weight excluding hydrogens is 506 g/mol. The van der Waals surface area contributed by atoms with Gasteiger partial charge in [0.15, 0.2) is 0 Å². The van der Waals surface area contributed by atoms with Gasteiger partial charge in [0.1, 0.15) is 17.2 Å². The van der Waals surface area contributed by atoms with Crippen LogP contribution < -0.4 is 0 Å². The first kappa shape index (κ1) is 30.1. The second-order valence-corrected chi connectivity index (χ2v) is 10.9. The molecule has 0 aliphatic carbocycles. The van der Waals surface area contributed by atoms with Crippen molar-refractivity contribution in [3.8, 4) is 0 Å². The van der Waals surface area contributed by atoms with Gasteiger partial charge in [-0.15, -0.1) is 0 Å². The van der Waals surface area contributed by atoms with Crippen molar-refractivity contribution in [3.05, 3.63) is 77.4 Å². The molecule has 4 rings (SSSR count). The summed E-state index contributed by atoms with van der Waals surface area (Å²) < 4.78 is 31.2. The highest BCUT2D eigenvalue weighted by atomic mass is 19.1. The number of halogens is 2. The largest absolute Gasteiger partial charge is 0.465 e. The third-order valence-electron chi connectivity index (χ3n) is 6.76. The lowest BCUT2D eigenvalue weighted by Crippen LogP contribution is -2.38. The van der Waals surface area contributed by atoms with E-state index in [0.29, 0.717) is 51.0 Å². The number of carbonyl (C=O) groups is 2. The van der Waals surface area contributed by atoms with Gasteiger partial charge in [-0.05, 0) is 93.8 Å². The van der Waals surface area contributed by atoms with Gasteiger partial charge >= 0.3 is 12.2 Å². The van der Waals surface area contributed by atoms with Crippen LogP contribution in [0, 0.1) is 11.6 Å². The Balaban J connectivity index is 0.000000223. The molecule has 2 aromatic carbocycles. The quantitative estimate of drug-likeness (QED) is 0.456. The van der Waals surface area contributed by atoms with Crippen LogP contribution in [0.3, 0.4) is 0 Å². The summed E-state index contributed by atoms with van der Waals surface area (Å²) in [6.07, 6.45) is 3.93. The van der Waals surface area contributed by atoms with Crippen molar-refractivity contribution in [1.29, 1.82) is 0 Å². The molecule has 1 fully saturated rings. The Morgan fingerprint density at radius 1 is 0.872 bits per heavy atom. The third kappa shape index (κ3) is 9.06. The Kier molecular flexibility index (Phi) is 10.1. The Morgan fingerprint density at radius 3 is 2.05 bits per heavy atom. The van der Waals surface area contributed by atoms with Crippen molar-refractivity contribution >= 4 is 17.8 Å². The highest BCUT2D eigenvalue weighted by molar-refractivity contribution is 5.69. The summed E-state index contributed by atoms with van der Waals surface area (Å²) in [5.41, 5.74) is 1.20. The number of allylic oxidation sites excluding steroid dienone is 1. The number of rotatable bonds is 2. The molecule has 2 heterocycles. The van der Waals surface area contributed by atoms with E-state index in [1.807, 2.05) is 26.8 Å². The molecule has 2 N–H and O–H groups in total. The average molecular weight is 545 g/mol. The Morgan fingerprint density at radius 2 is 1.46 bits per heavy atom. The van der Waals surface area contributed by atoms with E-state index in [-0.39, 0.29) is 17.7 Å². The zero-order valence-corrected chi connectivity index (χ0v) is 22.8. The molecule has 2 amide bonds. The van der Waals surface area contributed by atoms with Crippen molar-refractivity contribution in [2.45, 2.75) is 64.1 Å². The summed E-state index contributed by atoms with van der Waals surface area (Å²) in [6, 6.07) is 12.2. The van der Waals surface area contributed by atoms with Gasteiger partial charge in [0.05, 0.1) is 5.60 Å². The predicted octanol–water partition coefficient (Wildman–Crippen LogP) is 6.42. The molecule has 0 aromatic heterocycles. The first-order valence-electron chi connectivity index (χ1n) is 13.3. The van der Waals surface area contributed by atoms with E-state index in [1.165, 1.54) is 29.2 Å². The smallest absolute Gasteiger partial charge is 0.410 e. The summed E-state index contributed by atoms with van der Waals surface area (Å²) in [7, 11) is 0. The number of hydrogen-bond acceptors (Lipinski definition) is 4. The minimum Gasteiger partial charge on any atom is -0.465 e. The molecule has 1 saturated heterocycles. The van der Waals surface area contributed by atoms with E-state index in [1.54, 1.807) is 29.2 Å². The molecule has 1 atom stereocenters. The standard InChI is InChI=1S/C17H24FNO3.C13H14FNO2/c1-16(2,3)22-15(20)19-11-4-9-17(21,10-12-19)13-5-7-14(18)8-6-13;14-12-5-3-11(4-6-12)10-2-1-8-15(9-7-10)13(16)17/h5-8,21H,4,9-12H2,1-3H3;3-7H,1-2,8-9H2,(H,16,17). The number of aliphatic hydroxyl groups is 1. The van der Waals surface area contributed by atoms with Crippen LogP contribution in [-0.2, 0) is 10.3 Å². The minimum atomic E-state index is -1.02. The van der Waals surface area contributed by atoms with Gasteiger partial charge in [0.2, 0.25) is 0 Å². The first-order chi connectivity index (χ1) is 18.4. The number of carboxylic acid groups (broad SMARTS) is 1. The summed E-state index contributed by atoms with van der Waals surface area (Å²) in [6.45, 7) is 7.42.